The third-order valence-electron chi connectivity index (χ3n) is 8.23. The first-order valence-corrected chi connectivity index (χ1v) is 13.7. The maximum atomic E-state index is 14.5. The van der Waals surface area contributed by atoms with Crippen LogP contribution in [0.3, 0.4) is 0 Å². The number of nitrogens with one attached hydrogen (secondary N) is 1. The molecule has 0 saturated carbocycles. The Morgan fingerprint density at radius 1 is 1.07 bits per heavy atom. The van der Waals surface area contributed by atoms with Crippen LogP contribution in [-0.2, 0) is 21.3 Å². The fraction of sp³-hybridized carbons (Fsp3) is 0.321. The van der Waals surface area contributed by atoms with Gasteiger partial charge in [-0.25, -0.2) is 28.9 Å². The van der Waals surface area contributed by atoms with Crippen LogP contribution in [0, 0.1) is 5.82 Å². The summed E-state index contributed by atoms with van der Waals surface area (Å²) in [5.74, 6) is -5.48. The average Bonchev–Trinajstić information content (AvgIpc) is 3.66. The van der Waals surface area contributed by atoms with Gasteiger partial charge in [0.25, 0.3) is 5.91 Å². The minimum Gasteiger partial charge on any atom is -0.478 e. The van der Waals surface area contributed by atoms with Gasteiger partial charge >= 0.3 is 18.1 Å². The Labute approximate surface area is 250 Å². The number of halogens is 4. The molecule has 0 unspecified atom stereocenters. The molecule has 6 rings (SSSR count). The van der Waals surface area contributed by atoms with E-state index in [0.717, 1.165) is 12.3 Å². The number of amides is 1. The molecule has 2 aliphatic rings. The van der Waals surface area contributed by atoms with Crippen LogP contribution in [0.1, 0.15) is 28.9 Å². The van der Waals surface area contributed by atoms with Crippen molar-refractivity contribution in [2.75, 3.05) is 26.2 Å². The van der Waals surface area contributed by atoms with Crippen LogP contribution < -0.4 is 0 Å². The van der Waals surface area contributed by atoms with E-state index < -0.39 is 46.6 Å². The number of H-pyrrole nitrogens is 1. The first-order valence-electron chi connectivity index (χ1n) is 13.7. The summed E-state index contributed by atoms with van der Waals surface area (Å²) in [6.45, 7) is 0.378. The number of carbonyl (C=O) groups excluding carboxylic acids is 1. The van der Waals surface area contributed by atoms with E-state index in [1.807, 2.05) is 4.90 Å². The van der Waals surface area contributed by atoms with E-state index in [9.17, 15) is 42.2 Å². The molecular formula is C28H24F4N8O5. The molecule has 1 amide bonds. The largest absolute Gasteiger partial charge is 0.478 e. The Morgan fingerprint density at radius 2 is 1.80 bits per heavy atom. The predicted molar refractivity (Wildman–Crippen MR) is 146 cm³/mol. The van der Waals surface area contributed by atoms with Crippen LogP contribution in [0.5, 0.6) is 0 Å². The minimum absolute atomic E-state index is 0.0788. The predicted octanol–water partition coefficient (Wildman–Crippen LogP) is 2.79. The summed E-state index contributed by atoms with van der Waals surface area (Å²) in [5, 5.41) is 24.7. The highest BCUT2D eigenvalue weighted by Gasteiger charge is 2.53. The van der Waals surface area contributed by atoms with E-state index >= 15 is 0 Å². The molecule has 4 aromatic heterocycles. The number of rotatable bonds is 7. The van der Waals surface area contributed by atoms with E-state index in [-0.39, 0.29) is 37.8 Å². The topological polar surface area (TPSA) is 170 Å². The summed E-state index contributed by atoms with van der Waals surface area (Å²) in [4.78, 5) is 54.6. The van der Waals surface area contributed by atoms with Crippen LogP contribution in [-0.4, -0.2) is 99.8 Å². The molecule has 0 bridgehead atoms. The normalized spacial score (nSPS) is 17.8. The van der Waals surface area contributed by atoms with Gasteiger partial charge in [-0.05, 0) is 25.0 Å². The number of hydrogen-bond acceptors (Lipinski definition) is 8. The quantitative estimate of drug-likeness (QED) is 0.204. The summed E-state index contributed by atoms with van der Waals surface area (Å²) in [5.41, 5.74) is -2.52. The maximum absolute atomic E-state index is 14.5. The lowest BCUT2D eigenvalue weighted by Gasteiger charge is -2.54. The van der Waals surface area contributed by atoms with E-state index in [2.05, 4.69) is 25.0 Å². The zero-order valence-electron chi connectivity index (χ0n) is 23.2. The summed E-state index contributed by atoms with van der Waals surface area (Å²) >= 11 is 0. The van der Waals surface area contributed by atoms with Gasteiger partial charge in [-0.3, -0.25) is 14.4 Å². The number of hydrogen-bond donors (Lipinski definition) is 3. The fourth-order valence-electron chi connectivity index (χ4n) is 6.03. The monoisotopic (exact) mass is 628 g/mol. The zero-order chi connectivity index (χ0) is 32.1. The summed E-state index contributed by atoms with van der Waals surface area (Å²) in [7, 11) is 0. The third-order valence-corrected chi connectivity index (χ3v) is 8.23. The van der Waals surface area contributed by atoms with Crippen molar-refractivity contribution in [1.29, 1.82) is 0 Å². The van der Waals surface area contributed by atoms with E-state index in [4.69, 9.17) is 0 Å². The Kier molecular flexibility index (Phi) is 7.34. The number of nitrogens with zero attached hydrogens (tertiary/aromatic N) is 7. The van der Waals surface area contributed by atoms with Crippen molar-refractivity contribution in [2.24, 2.45) is 0 Å². The van der Waals surface area contributed by atoms with Crippen molar-refractivity contribution >= 4 is 28.9 Å². The van der Waals surface area contributed by atoms with Gasteiger partial charge in [0.05, 0.1) is 23.0 Å². The van der Waals surface area contributed by atoms with Crippen molar-refractivity contribution in [3.05, 3.63) is 72.0 Å². The second kappa shape index (κ2) is 11.1. The average molecular weight is 629 g/mol. The molecule has 0 radical (unpaired) electrons. The molecule has 2 saturated heterocycles. The number of alkyl halides is 3. The molecule has 0 atom stereocenters. The molecular weight excluding hydrogens is 604 g/mol. The number of likely N-dealkylation sites (tertiary alicyclic amines) is 2. The summed E-state index contributed by atoms with van der Waals surface area (Å²) in [6.07, 6.45) is 3.23. The van der Waals surface area contributed by atoms with Gasteiger partial charge in [0.1, 0.15) is 17.5 Å². The fourth-order valence-corrected chi connectivity index (χ4v) is 6.03. The number of carboxylic acid groups (broad SMARTS) is 2. The standard InChI is InChI=1S/C28H24F4N8O5/c29-21-17(1-5-33-23(21)28(30,31)32)25(43)38-7-3-16(4-8-38)39-12-27(13-39,19(26(44)45)9-20(41)42)40-11-15(10-37-40)22-18-2-6-34-24(18)36-14-35-22/h1-2,5-6,9-11,14,16H,3-4,7-8,12-13H2,(H,41,42)(H,44,45)(H,34,35,36)/b19-9+. The summed E-state index contributed by atoms with van der Waals surface area (Å²) < 4.78 is 55.3. The number of carboxylic acids is 2. The number of aliphatic carboxylic acids is 2. The highest BCUT2D eigenvalue weighted by atomic mass is 19.4. The van der Waals surface area contributed by atoms with Gasteiger partial charge in [0, 0.05) is 67.8 Å². The summed E-state index contributed by atoms with van der Waals surface area (Å²) in [6, 6.07) is 2.52. The molecule has 17 heteroatoms. The highest BCUT2D eigenvalue weighted by molar-refractivity contribution is 5.97. The number of piperidine rings is 1. The second-order valence-corrected chi connectivity index (χ2v) is 10.8. The molecule has 4 aromatic rings. The molecule has 3 N–H and O–H groups in total. The Bertz CT molecular complexity index is 1840. The molecule has 45 heavy (non-hydrogen) atoms. The molecule has 2 fully saturated rings. The van der Waals surface area contributed by atoms with Crippen LogP contribution in [0.4, 0.5) is 17.6 Å². The SMILES string of the molecule is O=C(O)/C=C(\C(=O)O)C1(n2cc(-c3ncnc4[nH]ccc34)cn2)CN(C2CCN(C(=O)c3ccnc(C(F)(F)F)c3F)CC2)C1. The first kappa shape index (κ1) is 29.9. The Balaban J connectivity index is 1.21. The molecule has 0 spiro atoms. The molecule has 2 aliphatic heterocycles. The van der Waals surface area contributed by atoms with Crippen LogP contribution >= 0.6 is 0 Å². The van der Waals surface area contributed by atoms with E-state index in [1.54, 1.807) is 18.5 Å². The molecule has 13 nitrogen and oxygen atoms in total. The lowest BCUT2D eigenvalue weighted by molar-refractivity contribution is -0.143. The van der Waals surface area contributed by atoms with Gasteiger partial charge < -0.3 is 20.1 Å². The maximum Gasteiger partial charge on any atom is 0.436 e. The number of aromatic amines is 1. The first-order chi connectivity index (χ1) is 21.4. The van der Waals surface area contributed by atoms with Crippen molar-refractivity contribution in [1.82, 2.24) is 39.5 Å². The van der Waals surface area contributed by atoms with Crippen molar-refractivity contribution in [3.8, 4) is 11.3 Å². The number of pyridine rings is 1. The van der Waals surface area contributed by atoms with Crippen LogP contribution in [0.2, 0.25) is 0 Å². The molecule has 0 aliphatic carbocycles. The van der Waals surface area contributed by atoms with Crippen LogP contribution in [0.25, 0.3) is 22.3 Å². The van der Waals surface area contributed by atoms with Crippen LogP contribution in [0.15, 0.2) is 54.9 Å². The number of fused-ring (bicyclic) bond motifs is 1. The molecule has 234 valence electrons. The van der Waals surface area contributed by atoms with E-state index in [0.29, 0.717) is 41.2 Å². The van der Waals surface area contributed by atoms with Gasteiger partial charge in [0.2, 0.25) is 0 Å². The Hall–Kier alpha value is -5.19. The molecule has 6 heterocycles. The third kappa shape index (κ3) is 5.28. The minimum atomic E-state index is -5.06. The zero-order valence-corrected chi connectivity index (χ0v) is 23.2. The second-order valence-electron chi connectivity index (χ2n) is 10.8. The molecule has 0 aromatic carbocycles. The van der Waals surface area contributed by atoms with Crippen molar-refractivity contribution in [2.45, 2.75) is 30.6 Å². The number of aromatic nitrogens is 6. The number of carbonyl (C=O) groups is 3. The lowest BCUT2D eigenvalue weighted by Crippen LogP contribution is -2.68. The van der Waals surface area contributed by atoms with Crippen molar-refractivity contribution < 1.29 is 42.2 Å². The van der Waals surface area contributed by atoms with E-state index in [1.165, 1.54) is 22.1 Å². The highest BCUT2D eigenvalue weighted by Crippen LogP contribution is 2.40. The Morgan fingerprint density at radius 3 is 2.47 bits per heavy atom. The van der Waals surface area contributed by atoms with Gasteiger partial charge in [-0.15, -0.1) is 0 Å². The van der Waals surface area contributed by atoms with Gasteiger partial charge in [-0.1, -0.05) is 0 Å². The lowest BCUT2D eigenvalue weighted by atomic mass is 9.79. The van der Waals surface area contributed by atoms with Gasteiger partial charge in [0.15, 0.2) is 11.5 Å². The smallest absolute Gasteiger partial charge is 0.436 e. The van der Waals surface area contributed by atoms with Gasteiger partial charge in [-0.2, -0.15) is 18.3 Å². The van der Waals surface area contributed by atoms with Crippen molar-refractivity contribution in [3.63, 3.8) is 0 Å².